The molecule has 0 saturated carbocycles. The predicted octanol–water partition coefficient (Wildman–Crippen LogP) is -1.34. The van der Waals surface area contributed by atoms with Gasteiger partial charge in [-0.1, -0.05) is 84.9 Å². The number of hydrogen-bond acceptors (Lipinski definition) is 13. The SMILES string of the molecule is CC1(C)OC(c2cccc3c2oc2c(C4=N[C@H](c5ccccc5)C(C)(C)O4)cccc23)=N[C@@H]1c1ccccc1.[Ni+2].[O-][Cl+3]([O-])([O-])[O-].[O-][Cl+3]([O-])([O-])[O-]. The van der Waals surface area contributed by atoms with E-state index >= 15 is 0 Å². The third-order valence-electron chi connectivity index (χ3n) is 7.74. The Kier molecular flexibility index (Phi) is 11.7. The van der Waals surface area contributed by atoms with Gasteiger partial charge in [0.05, 0.1) is 11.1 Å². The summed E-state index contributed by atoms with van der Waals surface area (Å²) in [6.45, 7) is 8.33. The standard InChI is InChI=1S/C34H30N2O3.2ClHO4.Ni/c1-33(2)29(21-13-7-5-8-14-21)35-31(38-33)25-19-11-17-23-24-18-12-20-26(28(24)37-27(23)25)32-36-30(34(3,4)39-32)22-15-9-6-10-16-22;2*2-1(3,4)5;/h5-20,29-30H,1-4H3;2*(H,2,3,4,5);/q;;;+2/p-2/t29-,30-;;;/m1.../s1. The first-order valence-corrected chi connectivity index (χ1v) is 17.1. The minimum Gasteiger partial charge on any atom is -0.469 e. The summed E-state index contributed by atoms with van der Waals surface area (Å²) in [5.41, 5.74) is 4.48. The zero-order chi connectivity index (χ0) is 35.8. The average Bonchev–Trinajstić information content (AvgIpc) is 3.65. The van der Waals surface area contributed by atoms with E-state index in [1.54, 1.807) is 0 Å². The number of furan rings is 1. The Labute approximate surface area is 301 Å². The molecule has 266 valence electrons. The van der Waals surface area contributed by atoms with E-state index in [1.165, 1.54) is 0 Å². The zero-order valence-electron chi connectivity index (χ0n) is 26.8. The van der Waals surface area contributed by atoms with Crippen LogP contribution in [0.5, 0.6) is 0 Å². The van der Waals surface area contributed by atoms with Crippen molar-refractivity contribution < 1.29 is 88.1 Å². The molecule has 2 aliphatic heterocycles. The van der Waals surface area contributed by atoms with Crippen LogP contribution in [-0.2, 0) is 26.0 Å². The van der Waals surface area contributed by atoms with Crippen LogP contribution in [0.1, 0.15) is 62.0 Å². The summed E-state index contributed by atoms with van der Waals surface area (Å²) in [6.07, 6.45) is 0. The van der Waals surface area contributed by atoms with Gasteiger partial charge in [-0.25, -0.2) is 47.3 Å². The van der Waals surface area contributed by atoms with Gasteiger partial charge in [-0.15, -0.1) is 20.5 Å². The molecule has 1 aromatic heterocycles. The van der Waals surface area contributed by atoms with Gasteiger partial charge in [0.25, 0.3) is 0 Å². The Morgan fingerprint density at radius 1 is 0.500 bits per heavy atom. The number of ether oxygens (including phenoxy) is 2. The van der Waals surface area contributed by atoms with E-state index in [-0.39, 0.29) is 28.6 Å². The predicted molar refractivity (Wildman–Crippen MR) is 155 cm³/mol. The Morgan fingerprint density at radius 2 is 0.820 bits per heavy atom. The molecule has 0 radical (unpaired) electrons. The summed E-state index contributed by atoms with van der Waals surface area (Å²) < 4.78 is 87.5. The minimum absolute atomic E-state index is 0. The molecule has 0 N–H and O–H groups in total. The van der Waals surface area contributed by atoms with E-state index in [4.69, 9.17) is 61.1 Å². The first-order valence-electron chi connectivity index (χ1n) is 14.6. The third-order valence-corrected chi connectivity index (χ3v) is 7.74. The van der Waals surface area contributed by atoms with Crippen LogP contribution in [-0.4, -0.2) is 23.0 Å². The van der Waals surface area contributed by atoms with Crippen LogP contribution in [0.3, 0.4) is 0 Å². The molecule has 7 rings (SSSR count). The van der Waals surface area contributed by atoms with Crippen LogP contribution < -0.4 is 37.3 Å². The quantitative estimate of drug-likeness (QED) is 0.194. The van der Waals surface area contributed by atoms with Crippen LogP contribution in [0.25, 0.3) is 21.9 Å². The second-order valence-corrected chi connectivity index (χ2v) is 13.6. The van der Waals surface area contributed by atoms with Crippen molar-refractivity contribution in [2.24, 2.45) is 9.98 Å². The van der Waals surface area contributed by atoms with Crippen LogP contribution in [0.4, 0.5) is 0 Å². The molecule has 2 atom stereocenters. The molecule has 5 aromatic rings. The Bertz CT molecular complexity index is 1840. The maximum atomic E-state index is 8.49. The summed E-state index contributed by atoms with van der Waals surface area (Å²) in [4.78, 5) is 10.1. The number of halogens is 2. The van der Waals surface area contributed by atoms with Crippen molar-refractivity contribution in [3.63, 3.8) is 0 Å². The van der Waals surface area contributed by atoms with Crippen molar-refractivity contribution >= 4 is 33.7 Å². The Hall–Kier alpha value is -3.63. The number of nitrogens with zero attached hydrogens (tertiary/aromatic N) is 2. The number of aliphatic imine (C=N–C) groups is 2. The normalized spacial score (nSPS) is 19.1. The van der Waals surface area contributed by atoms with Crippen LogP contribution in [0, 0.1) is 20.5 Å². The third kappa shape index (κ3) is 9.37. The van der Waals surface area contributed by atoms with Gasteiger partial charge in [-0.2, -0.15) is 0 Å². The van der Waals surface area contributed by atoms with E-state index in [1.807, 2.05) is 60.7 Å². The number of para-hydroxylation sites is 2. The fourth-order valence-electron chi connectivity index (χ4n) is 5.84. The number of fused-ring (bicyclic) bond motifs is 3. The molecular formula is C34H30Cl2N2NiO11. The van der Waals surface area contributed by atoms with Gasteiger partial charge < -0.3 is 13.9 Å². The van der Waals surface area contributed by atoms with Gasteiger partial charge in [-0.05, 0) is 51.0 Å². The van der Waals surface area contributed by atoms with Gasteiger partial charge in [0.1, 0.15) is 34.5 Å². The van der Waals surface area contributed by atoms with Crippen LogP contribution >= 0.6 is 0 Å². The summed E-state index contributed by atoms with van der Waals surface area (Å²) >= 11 is 0. The first kappa shape index (κ1) is 39.2. The van der Waals surface area contributed by atoms with E-state index in [0.29, 0.717) is 11.8 Å². The monoisotopic (exact) mass is 770 g/mol. The molecule has 0 aliphatic carbocycles. The molecule has 3 heterocycles. The Morgan fingerprint density at radius 3 is 1.14 bits per heavy atom. The first-order chi connectivity index (χ1) is 22.8. The van der Waals surface area contributed by atoms with Crippen molar-refractivity contribution in [3.8, 4) is 0 Å². The fraction of sp³-hybridized carbons (Fsp3) is 0.235. The van der Waals surface area contributed by atoms with E-state index in [0.717, 1.165) is 44.2 Å². The number of rotatable bonds is 4. The van der Waals surface area contributed by atoms with Gasteiger partial charge >= 0.3 is 16.5 Å². The van der Waals surface area contributed by atoms with E-state index < -0.39 is 31.7 Å². The van der Waals surface area contributed by atoms with Gasteiger partial charge in [0.15, 0.2) is 0 Å². The summed E-state index contributed by atoms with van der Waals surface area (Å²) in [5.74, 6) is 1.19. The molecular weight excluding hydrogens is 742 g/mol. The molecule has 16 heteroatoms. The van der Waals surface area contributed by atoms with Gasteiger partial charge in [0.2, 0.25) is 11.8 Å². The zero-order valence-corrected chi connectivity index (χ0v) is 29.3. The van der Waals surface area contributed by atoms with Crippen LogP contribution in [0.15, 0.2) is 111 Å². The molecule has 50 heavy (non-hydrogen) atoms. The number of hydrogen-bond donors (Lipinski definition) is 0. The second-order valence-electron chi connectivity index (χ2n) is 12.1. The molecule has 13 nitrogen and oxygen atoms in total. The molecule has 2 aliphatic rings. The second kappa shape index (κ2) is 14.9. The summed E-state index contributed by atoms with van der Waals surface area (Å²) in [6, 6.07) is 32.6. The maximum Gasteiger partial charge on any atom is 2.00 e. The van der Waals surface area contributed by atoms with Crippen molar-refractivity contribution in [3.05, 3.63) is 119 Å². The molecule has 0 spiro atoms. The van der Waals surface area contributed by atoms with Crippen molar-refractivity contribution in [1.82, 2.24) is 0 Å². The summed E-state index contributed by atoms with van der Waals surface area (Å²) in [7, 11) is -9.89. The van der Waals surface area contributed by atoms with Crippen molar-refractivity contribution in [2.75, 3.05) is 0 Å². The van der Waals surface area contributed by atoms with E-state index in [2.05, 4.69) is 64.1 Å². The molecule has 4 aromatic carbocycles. The molecule has 0 saturated heterocycles. The molecule has 0 fully saturated rings. The maximum absolute atomic E-state index is 8.49. The topological polar surface area (TPSA) is 241 Å². The minimum atomic E-state index is -4.94. The molecule has 0 bridgehead atoms. The van der Waals surface area contributed by atoms with Crippen molar-refractivity contribution in [2.45, 2.75) is 51.0 Å². The van der Waals surface area contributed by atoms with Gasteiger partial charge in [-0.3, -0.25) is 0 Å². The smallest absolute Gasteiger partial charge is 0.469 e. The van der Waals surface area contributed by atoms with Gasteiger partial charge in [0, 0.05) is 10.8 Å². The van der Waals surface area contributed by atoms with E-state index in [9.17, 15) is 0 Å². The van der Waals surface area contributed by atoms with Crippen molar-refractivity contribution in [1.29, 1.82) is 0 Å². The molecule has 0 unspecified atom stereocenters. The fourth-order valence-corrected chi connectivity index (χ4v) is 5.84. The number of benzene rings is 4. The Balaban J connectivity index is 0.000000452. The summed E-state index contributed by atoms with van der Waals surface area (Å²) in [5, 5.41) is 2.02. The average molecular weight is 772 g/mol. The molecule has 0 amide bonds. The largest absolute Gasteiger partial charge is 2.00 e. The van der Waals surface area contributed by atoms with Crippen LogP contribution in [0.2, 0.25) is 0 Å².